The highest BCUT2D eigenvalue weighted by Crippen LogP contribution is 2.34. The Kier molecular flexibility index (Phi) is 3.76. The maximum Gasteiger partial charge on any atom is 0.129 e. The molecule has 0 radical (unpaired) electrons. The predicted octanol–water partition coefficient (Wildman–Crippen LogP) is 3.87. The zero-order chi connectivity index (χ0) is 11.4. The summed E-state index contributed by atoms with van der Waals surface area (Å²) in [7, 11) is 0. The minimum atomic E-state index is 0.323. The van der Waals surface area contributed by atoms with Crippen LogP contribution < -0.4 is 0 Å². The van der Waals surface area contributed by atoms with Crippen LogP contribution in [0.1, 0.15) is 56.1 Å². The van der Waals surface area contributed by atoms with Crippen LogP contribution in [0, 0.1) is 0 Å². The fourth-order valence-electron chi connectivity index (χ4n) is 2.75. The van der Waals surface area contributed by atoms with Gasteiger partial charge < -0.3 is 4.79 Å². The molecule has 2 rings (SSSR count). The zero-order valence-corrected chi connectivity index (χ0v) is 10.0. The second-order valence-corrected chi connectivity index (χ2v) is 4.88. The van der Waals surface area contributed by atoms with Gasteiger partial charge in [-0.1, -0.05) is 24.3 Å². The van der Waals surface area contributed by atoms with E-state index < -0.39 is 0 Å². The molecule has 0 N–H and O–H groups in total. The van der Waals surface area contributed by atoms with Gasteiger partial charge in [0.15, 0.2) is 0 Å². The number of ketones is 1. The molecule has 1 atom stereocenters. The third kappa shape index (κ3) is 2.72. The van der Waals surface area contributed by atoms with Gasteiger partial charge in [0.05, 0.1) is 0 Å². The summed E-state index contributed by atoms with van der Waals surface area (Å²) in [4.78, 5) is 10.9. The van der Waals surface area contributed by atoms with Crippen molar-refractivity contribution in [2.45, 2.75) is 51.4 Å². The molecule has 0 saturated heterocycles. The lowest BCUT2D eigenvalue weighted by Crippen LogP contribution is -2.09. The molecule has 1 aromatic rings. The molecule has 0 heterocycles. The second kappa shape index (κ2) is 5.29. The summed E-state index contributed by atoms with van der Waals surface area (Å²) in [5.74, 6) is 1.02. The Morgan fingerprint density at radius 1 is 1.38 bits per heavy atom. The van der Waals surface area contributed by atoms with E-state index in [-0.39, 0.29) is 0 Å². The highest BCUT2D eigenvalue weighted by Gasteiger charge is 2.19. The number of rotatable bonds is 4. The molecule has 1 heteroatoms. The van der Waals surface area contributed by atoms with E-state index in [1.165, 1.54) is 36.8 Å². The molecule has 1 nitrogen and oxygen atoms in total. The van der Waals surface area contributed by atoms with Gasteiger partial charge in [-0.05, 0) is 56.1 Å². The first-order valence-electron chi connectivity index (χ1n) is 6.34. The monoisotopic (exact) mass is 216 g/mol. The van der Waals surface area contributed by atoms with E-state index in [0.29, 0.717) is 11.7 Å². The van der Waals surface area contributed by atoms with Crippen molar-refractivity contribution in [1.29, 1.82) is 0 Å². The van der Waals surface area contributed by atoms with Crippen molar-refractivity contribution < 1.29 is 4.79 Å². The van der Waals surface area contributed by atoms with Crippen molar-refractivity contribution in [1.82, 2.24) is 0 Å². The summed E-state index contributed by atoms with van der Waals surface area (Å²) in [5, 5.41) is 0. The lowest BCUT2D eigenvalue weighted by atomic mass is 9.80. The van der Waals surface area contributed by atoms with Crippen LogP contribution in [0.15, 0.2) is 24.3 Å². The standard InChI is InChI=1S/C15H20O/c1-12(16)6-4-8-14-10-5-9-13-7-2-3-11-15(13)14/h2-3,7,11,14H,4-6,8-10H2,1H3. The van der Waals surface area contributed by atoms with Crippen molar-refractivity contribution in [2.24, 2.45) is 0 Å². The van der Waals surface area contributed by atoms with Gasteiger partial charge in [-0.3, -0.25) is 0 Å². The lowest BCUT2D eigenvalue weighted by molar-refractivity contribution is -0.117. The number of fused-ring (bicyclic) bond motifs is 1. The first-order valence-corrected chi connectivity index (χ1v) is 6.34. The van der Waals surface area contributed by atoms with Crippen LogP contribution in [0.4, 0.5) is 0 Å². The van der Waals surface area contributed by atoms with Crippen LogP contribution in [-0.2, 0) is 11.2 Å². The zero-order valence-electron chi connectivity index (χ0n) is 10.0. The Morgan fingerprint density at radius 2 is 2.19 bits per heavy atom. The molecule has 1 aliphatic carbocycles. The van der Waals surface area contributed by atoms with Crippen molar-refractivity contribution in [3.63, 3.8) is 0 Å². The maximum atomic E-state index is 10.9. The van der Waals surface area contributed by atoms with Gasteiger partial charge in [-0.2, -0.15) is 0 Å². The largest absolute Gasteiger partial charge is 0.300 e. The molecule has 1 aromatic carbocycles. The Labute approximate surface area is 97.9 Å². The average Bonchev–Trinajstić information content (AvgIpc) is 2.29. The molecule has 0 fully saturated rings. The van der Waals surface area contributed by atoms with Gasteiger partial charge in [0.1, 0.15) is 5.78 Å². The van der Waals surface area contributed by atoms with Crippen LogP contribution in [-0.4, -0.2) is 5.78 Å². The van der Waals surface area contributed by atoms with Crippen LogP contribution >= 0.6 is 0 Å². The molecule has 0 bridgehead atoms. The Balaban J connectivity index is 1.99. The van der Waals surface area contributed by atoms with E-state index in [1.807, 2.05) is 0 Å². The normalized spacial score (nSPS) is 19.2. The average molecular weight is 216 g/mol. The minimum absolute atomic E-state index is 0.323. The number of hydrogen-bond acceptors (Lipinski definition) is 1. The third-order valence-corrected chi connectivity index (χ3v) is 3.58. The topological polar surface area (TPSA) is 17.1 Å². The van der Waals surface area contributed by atoms with E-state index in [1.54, 1.807) is 6.92 Å². The maximum absolute atomic E-state index is 10.9. The smallest absolute Gasteiger partial charge is 0.129 e. The summed E-state index contributed by atoms with van der Waals surface area (Å²) < 4.78 is 0. The molecule has 86 valence electrons. The molecule has 0 aliphatic heterocycles. The van der Waals surface area contributed by atoms with Crippen LogP contribution in [0.2, 0.25) is 0 Å². The Morgan fingerprint density at radius 3 is 3.00 bits per heavy atom. The van der Waals surface area contributed by atoms with Crippen molar-refractivity contribution in [2.75, 3.05) is 0 Å². The molecule has 0 amide bonds. The number of Topliss-reactive ketones (excluding diaryl/α,β-unsaturated/α-hetero) is 1. The summed E-state index contributed by atoms with van der Waals surface area (Å²) in [6, 6.07) is 8.80. The van der Waals surface area contributed by atoms with Gasteiger partial charge in [0, 0.05) is 6.42 Å². The van der Waals surface area contributed by atoms with Crippen LogP contribution in [0.5, 0.6) is 0 Å². The second-order valence-electron chi connectivity index (χ2n) is 4.88. The number of aryl methyl sites for hydroxylation is 1. The lowest BCUT2D eigenvalue weighted by Gasteiger charge is -2.25. The van der Waals surface area contributed by atoms with Crippen molar-refractivity contribution in [3.8, 4) is 0 Å². The number of hydrogen-bond donors (Lipinski definition) is 0. The molecule has 0 spiro atoms. The van der Waals surface area contributed by atoms with E-state index in [4.69, 9.17) is 0 Å². The minimum Gasteiger partial charge on any atom is -0.300 e. The van der Waals surface area contributed by atoms with E-state index in [0.717, 1.165) is 12.8 Å². The number of carbonyl (C=O) groups excluding carboxylic acids is 1. The molecule has 16 heavy (non-hydrogen) atoms. The van der Waals surface area contributed by atoms with Gasteiger partial charge in [0.2, 0.25) is 0 Å². The molecule has 1 aliphatic rings. The van der Waals surface area contributed by atoms with Gasteiger partial charge in [-0.25, -0.2) is 0 Å². The fourth-order valence-corrected chi connectivity index (χ4v) is 2.75. The van der Waals surface area contributed by atoms with Crippen LogP contribution in [0.3, 0.4) is 0 Å². The van der Waals surface area contributed by atoms with Crippen molar-refractivity contribution in [3.05, 3.63) is 35.4 Å². The quantitative estimate of drug-likeness (QED) is 0.746. The predicted molar refractivity (Wildman–Crippen MR) is 66.7 cm³/mol. The number of benzene rings is 1. The summed E-state index contributed by atoms with van der Waals surface area (Å²) in [6.07, 6.45) is 6.82. The van der Waals surface area contributed by atoms with Gasteiger partial charge in [-0.15, -0.1) is 0 Å². The highest BCUT2D eigenvalue weighted by molar-refractivity contribution is 5.75. The van der Waals surface area contributed by atoms with E-state index >= 15 is 0 Å². The number of carbonyl (C=O) groups is 1. The molecule has 0 saturated carbocycles. The van der Waals surface area contributed by atoms with E-state index in [2.05, 4.69) is 24.3 Å². The molecular formula is C15H20O. The Hall–Kier alpha value is -1.11. The van der Waals surface area contributed by atoms with Gasteiger partial charge in [0.25, 0.3) is 0 Å². The first-order chi connectivity index (χ1) is 7.77. The Bertz CT molecular complexity index is 367. The van der Waals surface area contributed by atoms with Crippen molar-refractivity contribution >= 4 is 5.78 Å². The molecule has 1 unspecified atom stereocenters. The molecular weight excluding hydrogens is 196 g/mol. The summed E-state index contributed by atoms with van der Waals surface area (Å²) in [5.41, 5.74) is 3.07. The third-order valence-electron chi connectivity index (χ3n) is 3.58. The fraction of sp³-hybridized carbons (Fsp3) is 0.533. The first kappa shape index (κ1) is 11.4. The SMILES string of the molecule is CC(=O)CCCC1CCCc2ccccc21. The molecule has 0 aromatic heterocycles. The van der Waals surface area contributed by atoms with Crippen LogP contribution in [0.25, 0.3) is 0 Å². The summed E-state index contributed by atoms with van der Waals surface area (Å²) in [6.45, 7) is 1.69. The van der Waals surface area contributed by atoms with E-state index in [9.17, 15) is 4.79 Å². The van der Waals surface area contributed by atoms with Gasteiger partial charge >= 0.3 is 0 Å². The summed E-state index contributed by atoms with van der Waals surface area (Å²) >= 11 is 0. The highest BCUT2D eigenvalue weighted by atomic mass is 16.1.